The summed E-state index contributed by atoms with van der Waals surface area (Å²) < 4.78 is 0. The second kappa shape index (κ2) is 3.98. The van der Waals surface area contributed by atoms with Gasteiger partial charge in [0.15, 0.2) is 5.82 Å². The quantitative estimate of drug-likeness (QED) is 0.794. The SMILES string of the molecule is Cc1ccc(-c2nc(N)c(Cl)c(N)n2)cc1. The minimum absolute atomic E-state index is 0.199. The van der Waals surface area contributed by atoms with Crippen LogP contribution in [0.15, 0.2) is 24.3 Å². The van der Waals surface area contributed by atoms with Crippen LogP contribution in [-0.4, -0.2) is 9.97 Å². The molecule has 4 N–H and O–H groups in total. The van der Waals surface area contributed by atoms with Crippen molar-refractivity contribution in [1.29, 1.82) is 0 Å². The summed E-state index contributed by atoms with van der Waals surface area (Å²) in [5, 5.41) is 0.205. The fraction of sp³-hybridized carbons (Fsp3) is 0.0909. The molecule has 1 aromatic heterocycles. The van der Waals surface area contributed by atoms with E-state index >= 15 is 0 Å². The monoisotopic (exact) mass is 234 g/mol. The summed E-state index contributed by atoms with van der Waals surface area (Å²) in [6.45, 7) is 2.01. The number of aromatic nitrogens is 2. The third kappa shape index (κ3) is 1.92. The van der Waals surface area contributed by atoms with E-state index in [4.69, 9.17) is 23.1 Å². The Kier molecular flexibility index (Phi) is 2.66. The minimum atomic E-state index is 0.199. The molecule has 2 aromatic rings. The number of nitrogens with two attached hydrogens (primary N) is 2. The van der Waals surface area contributed by atoms with Crippen LogP contribution in [-0.2, 0) is 0 Å². The Balaban J connectivity index is 2.52. The van der Waals surface area contributed by atoms with Gasteiger partial charge >= 0.3 is 0 Å². The molecular weight excluding hydrogens is 224 g/mol. The van der Waals surface area contributed by atoms with Crippen LogP contribution in [0.4, 0.5) is 11.6 Å². The molecule has 0 unspecified atom stereocenters. The van der Waals surface area contributed by atoms with Gasteiger partial charge in [-0.25, -0.2) is 9.97 Å². The highest BCUT2D eigenvalue weighted by Gasteiger charge is 2.08. The lowest BCUT2D eigenvalue weighted by molar-refractivity contribution is 1.19. The van der Waals surface area contributed by atoms with Crippen molar-refractivity contribution in [1.82, 2.24) is 9.97 Å². The highest BCUT2D eigenvalue weighted by atomic mass is 35.5. The average molecular weight is 235 g/mol. The van der Waals surface area contributed by atoms with Gasteiger partial charge in [-0.15, -0.1) is 0 Å². The summed E-state index contributed by atoms with van der Waals surface area (Å²) in [6, 6.07) is 7.77. The first-order valence-corrected chi connectivity index (χ1v) is 5.11. The Hall–Kier alpha value is -1.81. The molecule has 2 rings (SSSR count). The predicted molar refractivity (Wildman–Crippen MR) is 66.0 cm³/mol. The van der Waals surface area contributed by atoms with Gasteiger partial charge in [0.1, 0.15) is 16.7 Å². The fourth-order valence-corrected chi connectivity index (χ4v) is 1.40. The number of aryl methyl sites for hydroxylation is 1. The molecular formula is C11H11ClN4. The summed E-state index contributed by atoms with van der Waals surface area (Å²) >= 11 is 5.79. The maximum absolute atomic E-state index is 5.79. The Bertz CT molecular complexity index is 499. The van der Waals surface area contributed by atoms with Crippen LogP contribution >= 0.6 is 11.6 Å². The third-order valence-electron chi connectivity index (χ3n) is 2.21. The molecule has 4 nitrogen and oxygen atoms in total. The van der Waals surface area contributed by atoms with Crippen LogP contribution in [0.1, 0.15) is 5.56 Å². The van der Waals surface area contributed by atoms with E-state index in [1.165, 1.54) is 5.56 Å². The molecule has 0 radical (unpaired) electrons. The van der Waals surface area contributed by atoms with Crippen LogP contribution in [0.3, 0.4) is 0 Å². The smallest absolute Gasteiger partial charge is 0.163 e. The summed E-state index contributed by atoms with van der Waals surface area (Å²) in [5.41, 5.74) is 13.3. The molecule has 0 spiro atoms. The molecule has 0 atom stereocenters. The number of halogens is 1. The second-order valence-electron chi connectivity index (χ2n) is 3.50. The molecule has 0 aliphatic heterocycles. The van der Waals surface area contributed by atoms with Crippen molar-refractivity contribution in [2.24, 2.45) is 0 Å². The van der Waals surface area contributed by atoms with Crippen molar-refractivity contribution >= 4 is 23.2 Å². The summed E-state index contributed by atoms with van der Waals surface area (Å²) in [4.78, 5) is 8.18. The number of rotatable bonds is 1. The van der Waals surface area contributed by atoms with Crippen LogP contribution < -0.4 is 11.5 Å². The molecule has 0 amide bonds. The Morgan fingerprint density at radius 3 is 2.00 bits per heavy atom. The third-order valence-corrected chi connectivity index (χ3v) is 2.60. The first-order valence-electron chi connectivity index (χ1n) is 4.73. The maximum Gasteiger partial charge on any atom is 0.163 e. The van der Waals surface area contributed by atoms with Gasteiger partial charge in [0.25, 0.3) is 0 Å². The minimum Gasteiger partial charge on any atom is -0.382 e. The van der Waals surface area contributed by atoms with Crippen LogP contribution in [0.25, 0.3) is 11.4 Å². The zero-order chi connectivity index (χ0) is 11.7. The molecule has 5 heteroatoms. The molecule has 0 saturated heterocycles. The molecule has 1 heterocycles. The van der Waals surface area contributed by atoms with Crippen molar-refractivity contribution in [3.63, 3.8) is 0 Å². The Morgan fingerprint density at radius 2 is 1.50 bits per heavy atom. The predicted octanol–water partition coefficient (Wildman–Crippen LogP) is 2.27. The van der Waals surface area contributed by atoms with Crippen molar-refractivity contribution in [2.75, 3.05) is 11.5 Å². The van der Waals surface area contributed by atoms with Crippen molar-refractivity contribution in [2.45, 2.75) is 6.92 Å². The average Bonchev–Trinajstić information content (AvgIpc) is 2.26. The van der Waals surface area contributed by atoms with Crippen molar-refractivity contribution in [3.05, 3.63) is 34.9 Å². The fourth-order valence-electron chi connectivity index (χ4n) is 1.31. The van der Waals surface area contributed by atoms with E-state index < -0.39 is 0 Å². The summed E-state index contributed by atoms with van der Waals surface area (Å²) in [6.07, 6.45) is 0. The molecule has 0 bridgehead atoms. The standard InChI is InChI=1S/C11H11ClN4/c1-6-2-4-7(5-3-6)11-15-9(13)8(12)10(14)16-11/h2-5H,1H3,(H4,13,14,15,16). The zero-order valence-electron chi connectivity index (χ0n) is 8.74. The number of anilines is 2. The number of hydrogen-bond donors (Lipinski definition) is 2. The first-order chi connectivity index (χ1) is 7.58. The van der Waals surface area contributed by atoms with E-state index in [0.717, 1.165) is 5.56 Å². The van der Waals surface area contributed by atoms with Gasteiger partial charge in [-0.3, -0.25) is 0 Å². The molecule has 0 fully saturated rings. The lowest BCUT2D eigenvalue weighted by atomic mass is 10.1. The van der Waals surface area contributed by atoms with Crippen LogP contribution in [0, 0.1) is 6.92 Å². The van der Waals surface area contributed by atoms with Gasteiger partial charge in [-0.2, -0.15) is 0 Å². The second-order valence-corrected chi connectivity index (χ2v) is 3.88. The number of nitrogens with zero attached hydrogens (tertiary/aromatic N) is 2. The maximum atomic E-state index is 5.79. The van der Waals surface area contributed by atoms with Crippen LogP contribution in [0.2, 0.25) is 5.02 Å². The molecule has 0 aliphatic rings. The number of nitrogen functional groups attached to an aromatic ring is 2. The molecule has 0 saturated carbocycles. The van der Waals surface area contributed by atoms with E-state index in [9.17, 15) is 0 Å². The number of benzene rings is 1. The van der Waals surface area contributed by atoms with Gasteiger partial charge in [0.2, 0.25) is 0 Å². The van der Waals surface area contributed by atoms with E-state index in [0.29, 0.717) is 5.82 Å². The molecule has 82 valence electrons. The molecule has 16 heavy (non-hydrogen) atoms. The lowest BCUT2D eigenvalue weighted by Gasteiger charge is -2.05. The van der Waals surface area contributed by atoms with E-state index in [1.54, 1.807) is 0 Å². The van der Waals surface area contributed by atoms with Gasteiger partial charge < -0.3 is 11.5 Å². The highest BCUT2D eigenvalue weighted by Crippen LogP contribution is 2.26. The highest BCUT2D eigenvalue weighted by molar-refractivity contribution is 6.35. The topological polar surface area (TPSA) is 77.8 Å². The first kappa shape index (κ1) is 10.7. The van der Waals surface area contributed by atoms with Gasteiger partial charge in [-0.1, -0.05) is 41.4 Å². The largest absolute Gasteiger partial charge is 0.382 e. The summed E-state index contributed by atoms with van der Waals surface area (Å²) in [7, 11) is 0. The van der Waals surface area contributed by atoms with E-state index in [2.05, 4.69) is 9.97 Å². The van der Waals surface area contributed by atoms with Crippen molar-refractivity contribution in [3.8, 4) is 11.4 Å². The van der Waals surface area contributed by atoms with Crippen LogP contribution in [0.5, 0.6) is 0 Å². The summed E-state index contributed by atoms with van der Waals surface area (Å²) in [5.74, 6) is 0.883. The molecule has 0 aliphatic carbocycles. The van der Waals surface area contributed by atoms with Gasteiger partial charge in [-0.05, 0) is 6.92 Å². The van der Waals surface area contributed by atoms with E-state index in [1.807, 2.05) is 31.2 Å². The number of hydrogen-bond acceptors (Lipinski definition) is 4. The lowest BCUT2D eigenvalue weighted by Crippen LogP contribution is -2.02. The normalized spacial score (nSPS) is 10.4. The van der Waals surface area contributed by atoms with Gasteiger partial charge in [0, 0.05) is 5.56 Å². The Labute approximate surface area is 98.3 Å². The van der Waals surface area contributed by atoms with E-state index in [-0.39, 0.29) is 16.7 Å². The zero-order valence-corrected chi connectivity index (χ0v) is 9.49. The molecule has 1 aromatic carbocycles. The van der Waals surface area contributed by atoms with Crippen molar-refractivity contribution < 1.29 is 0 Å². The Morgan fingerprint density at radius 1 is 1.00 bits per heavy atom. The van der Waals surface area contributed by atoms with Gasteiger partial charge in [0.05, 0.1) is 0 Å².